The number of fused-ring (bicyclic) bond motifs is 1. The molecule has 1 fully saturated rings. The van der Waals surface area contributed by atoms with Gasteiger partial charge in [-0.25, -0.2) is 23.1 Å². The standard InChI is InChI=1S/C15H13F2N5O2/c1-6-5-22-13(19-6)9(7-2-8(7)12(16)17)3-11(21-22)10-4-18-15(24)20-14(10)23/h3-5,7-8,12H,2H2,1H3,(H2,18,20,23,24)/t7-,8-/m0/s1. The van der Waals surface area contributed by atoms with Crippen LogP contribution in [0.4, 0.5) is 8.78 Å². The normalized spacial score (nSPS) is 20.0. The van der Waals surface area contributed by atoms with Crippen LogP contribution >= 0.6 is 0 Å². The molecule has 1 saturated carbocycles. The zero-order valence-electron chi connectivity index (χ0n) is 12.6. The van der Waals surface area contributed by atoms with E-state index in [1.165, 1.54) is 10.7 Å². The summed E-state index contributed by atoms with van der Waals surface area (Å²) in [5.41, 5.74) is 1.11. The van der Waals surface area contributed by atoms with Gasteiger partial charge in [-0.15, -0.1) is 0 Å². The van der Waals surface area contributed by atoms with Gasteiger partial charge in [-0.1, -0.05) is 0 Å². The fourth-order valence-corrected chi connectivity index (χ4v) is 2.97. The van der Waals surface area contributed by atoms with E-state index in [0.717, 1.165) is 0 Å². The van der Waals surface area contributed by atoms with E-state index in [-0.39, 0.29) is 11.5 Å². The second-order valence-corrected chi connectivity index (χ2v) is 5.96. The van der Waals surface area contributed by atoms with Gasteiger partial charge in [0.25, 0.3) is 5.56 Å². The van der Waals surface area contributed by atoms with Crippen molar-refractivity contribution in [3.8, 4) is 11.3 Å². The number of imidazole rings is 1. The van der Waals surface area contributed by atoms with Gasteiger partial charge >= 0.3 is 5.69 Å². The van der Waals surface area contributed by atoms with Gasteiger partial charge in [0.05, 0.1) is 23.1 Å². The van der Waals surface area contributed by atoms with Crippen LogP contribution in [0, 0.1) is 12.8 Å². The number of nitrogens with one attached hydrogen (secondary N) is 2. The molecular weight excluding hydrogens is 320 g/mol. The summed E-state index contributed by atoms with van der Waals surface area (Å²) in [6.45, 7) is 1.78. The van der Waals surface area contributed by atoms with Crippen LogP contribution in [0.5, 0.6) is 0 Å². The molecule has 124 valence electrons. The topological polar surface area (TPSA) is 95.9 Å². The number of H-pyrrole nitrogens is 2. The molecule has 1 aliphatic carbocycles. The maximum absolute atomic E-state index is 13.0. The first-order chi connectivity index (χ1) is 11.4. The summed E-state index contributed by atoms with van der Waals surface area (Å²) < 4.78 is 27.4. The van der Waals surface area contributed by atoms with Crippen molar-refractivity contribution in [1.82, 2.24) is 24.6 Å². The van der Waals surface area contributed by atoms with E-state index < -0.39 is 23.6 Å². The first kappa shape index (κ1) is 14.7. The number of nitrogens with zero attached hydrogens (tertiary/aromatic N) is 3. The minimum atomic E-state index is -2.39. The third kappa shape index (κ3) is 2.32. The van der Waals surface area contributed by atoms with Crippen LogP contribution in [0.3, 0.4) is 0 Å². The molecule has 0 spiro atoms. The van der Waals surface area contributed by atoms with E-state index >= 15 is 0 Å². The van der Waals surface area contributed by atoms with Gasteiger partial charge in [0.1, 0.15) is 0 Å². The Labute approximate surface area is 133 Å². The molecule has 3 aromatic rings. The van der Waals surface area contributed by atoms with Crippen LogP contribution in [-0.2, 0) is 0 Å². The highest BCUT2D eigenvalue weighted by atomic mass is 19.3. The zero-order valence-corrected chi connectivity index (χ0v) is 12.6. The lowest BCUT2D eigenvalue weighted by Gasteiger charge is -2.07. The highest BCUT2D eigenvalue weighted by Gasteiger charge is 2.46. The summed E-state index contributed by atoms with van der Waals surface area (Å²) in [5, 5.41) is 4.32. The molecule has 0 bridgehead atoms. The lowest BCUT2D eigenvalue weighted by atomic mass is 10.1. The van der Waals surface area contributed by atoms with Gasteiger partial charge in [-0.2, -0.15) is 5.10 Å². The molecule has 0 unspecified atom stereocenters. The summed E-state index contributed by atoms with van der Waals surface area (Å²) >= 11 is 0. The van der Waals surface area contributed by atoms with E-state index in [1.807, 2.05) is 0 Å². The second-order valence-electron chi connectivity index (χ2n) is 5.96. The molecule has 7 nitrogen and oxygen atoms in total. The fraction of sp³-hybridized carbons (Fsp3) is 0.333. The van der Waals surface area contributed by atoms with Gasteiger partial charge in [-0.05, 0) is 25.3 Å². The van der Waals surface area contributed by atoms with Gasteiger partial charge in [-0.3, -0.25) is 9.78 Å². The average molecular weight is 333 g/mol. The van der Waals surface area contributed by atoms with Crippen molar-refractivity contribution >= 4 is 5.65 Å². The number of halogens is 2. The van der Waals surface area contributed by atoms with E-state index in [4.69, 9.17) is 0 Å². The average Bonchev–Trinajstić information content (AvgIpc) is 3.21. The molecule has 0 amide bonds. The third-order valence-corrected chi connectivity index (χ3v) is 4.23. The van der Waals surface area contributed by atoms with Gasteiger partial charge in [0.15, 0.2) is 5.65 Å². The van der Waals surface area contributed by atoms with E-state index in [2.05, 4.69) is 20.1 Å². The number of alkyl halides is 2. The van der Waals surface area contributed by atoms with Crippen LogP contribution in [0.1, 0.15) is 23.6 Å². The van der Waals surface area contributed by atoms with Crippen molar-refractivity contribution in [3.05, 3.63) is 50.6 Å². The molecule has 2 atom stereocenters. The lowest BCUT2D eigenvalue weighted by Crippen LogP contribution is -2.23. The number of rotatable bonds is 3. The summed E-state index contributed by atoms with van der Waals surface area (Å²) in [5.74, 6) is -1.01. The van der Waals surface area contributed by atoms with Gasteiger partial charge in [0, 0.05) is 17.7 Å². The van der Waals surface area contributed by atoms with Crippen molar-refractivity contribution in [2.75, 3.05) is 0 Å². The summed E-state index contributed by atoms with van der Waals surface area (Å²) in [6.07, 6.45) is 0.923. The largest absolute Gasteiger partial charge is 0.325 e. The number of aromatic amines is 2. The van der Waals surface area contributed by atoms with Gasteiger partial charge < -0.3 is 4.98 Å². The Balaban J connectivity index is 1.91. The maximum Gasteiger partial charge on any atom is 0.325 e. The molecule has 3 heterocycles. The molecule has 1 aliphatic rings. The Morgan fingerprint density at radius 2 is 2.17 bits per heavy atom. The SMILES string of the molecule is Cc1cn2nc(-c3c[nH]c(=O)[nH]c3=O)cc([C@H]3C[C@@H]3C(F)F)c2n1. The number of aryl methyl sites for hydroxylation is 1. The lowest BCUT2D eigenvalue weighted by molar-refractivity contribution is 0.120. The number of aromatic nitrogens is 5. The quantitative estimate of drug-likeness (QED) is 0.758. The molecular formula is C15H13F2N5O2. The predicted molar refractivity (Wildman–Crippen MR) is 81.3 cm³/mol. The summed E-state index contributed by atoms with van der Waals surface area (Å²) in [6, 6.07) is 1.61. The third-order valence-electron chi connectivity index (χ3n) is 4.23. The second kappa shape index (κ2) is 5.08. The van der Waals surface area contributed by atoms with Crippen LogP contribution in [0.15, 0.2) is 28.0 Å². The molecule has 2 N–H and O–H groups in total. The van der Waals surface area contributed by atoms with Crippen LogP contribution in [-0.4, -0.2) is 31.0 Å². The molecule has 24 heavy (non-hydrogen) atoms. The first-order valence-electron chi connectivity index (χ1n) is 7.41. The van der Waals surface area contributed by atoms with Crippen molar-refractivity contribution in [3.63, 3.8) is 0 Å². The van der Waals surface area contributed by atoms with E-state index in [1.54, 1.807) is 19.2 Å². The van der Waals surface area contributed by atoms with Crippen LogP contribution in [0.25, 0.3) is 16.9 Å². The Kier molecular flexibility index (Phi) is 3.12. The number of hydrogen-bond acceptors (Lipinski definition) is 4. The van der Waals surface area contributed by atoms with E-state index in [0.29, 0.717) is 29.0 Å². The Bertz CT molecular complexity index is 1050. The van der Waals surface area contributed by atoms with Crippen molar-refractivity contribution in [2.45, 2.75) is 25.7 Å². The molecule has 0 aromatic carbocycles. The van der Waals surface area contributed by atoms with E-state index in [9.17, 15) is 18.4 Å². The van der Waals surface area contributed by atoms with Crippen molar-refractivity contribution < 1.29 is 8.78 Å². The zero-order chi connectivity index (χ0) is 17.0. The van der Waals surface area contributed by atoms with Crippen molar-refractivity contribution in [2.24, 2.45) is 5.92 Å². The highest BCUT2D eigenvalue weighted by molar-refractivity contribution is 5.63. The molecule has 0 saturated heterocycles. The number of hydrogen-bond donors (Lipinski definition) is 2. The Morgan fingerprint density at radius 1 is 1.38 bits per heavy atom. The predicted octanol–water partition coefficient (Wildman–Crippen LogP) is 1.45. The van der Waals surface area contributed by atoms with Crippen LogP contribution in [0.2, 0.25) is 0 Å². The van der Waals surface area contributed by atoms with Gasteiger partial charge in [0.2, 0.25) is 6.43 Å². The molecule has 3 aromatic heterocycles. The summed E-state index contributed by atoms with van der Waals surface area (Å²) in [7, 11) is 0. The highest BCUT2D eigenvalue weighted by Crippen LogP contribution is 2.52. The summed E-state index contributed by atoms with van der Waals surface area (Å²) in [4.78, 5) is 32.0. The molecule has 0 aliphatic heterocycles. The maximum atomic E-state index is 13.0. The minimum absolute atomic E-state index is 0.165. The van der Waals surface area contributed by atoms with Crippen LogP contribution < -0.4 is 11.2 Å². The molecule has 4 rings (SSSR count). The fourth-order valence-electron chi connectivity index (χ4n) is 2.97. The smallest absolute Gasteiger partial charge is 0.313 e. The Hall–Kier alpha value is -2.84. The first-order valence-corrected chi connectivity index (χ1v) is 7.41. The van der Waals surface area contributed by atoms with Crippen molar-refractivity contribution in [1.29, 1.82) is 0 Å². The molecule has 0 radical (unpaired) electrons. The monoisotopic (exact) mass is 333 g/mol. The minimum Gasteiger partial charge on any atom is -0.313 e. The molecule has 9 heteroatoms. The Morgan fingerprint density at radius 3 is 2.83 bits per heavy atom.